The van der Waals surface area contributed by atoms with E-state index in [-0.39, 0.29) is 24.3 Å². The average molecular weight is 411 g/mol. The van der Waals surface area contributed by atoms with Crippen LogP contribution in [0.25, 0.3) is 16.8 Å². The van der Waals surface area contributed by atoms with Gasteiger partial charge in [0.2, 0.25) is 5.95 Å². The minimum atomic E-state index is -0.409. The molecule has 3 heterocycles. The summed E-state index contributed by atoms with van der Waals surface area (Å²) in [6.45, 7) is -0.0982. The molecule has 4 aromatic rings. The summed E-state index contributed by atoms with van der Waals surface area (Å²) in [5, 5.41) is 18.2. The highest BCUT2D eigenvalue weighted by Gasteiger charge is 2.17. The smallest absolute Gasteiger partial charge is 0.261 e. The Labute approximate surface area is 169 Å². The molecule has 7 nitrogen and oxygen atoms in total. The van der Waals surface area contributed by atoms with Crippen molar-refractivity contribution >= 4 is 28.8 Å². The number of anilines is 1. The van der Waals surface area contributed by atoms with Gasteiger partial charge in [-0.2, -0.15) is 4.98 Å². The van der Waals surface area contributed by atoms with Gasteiger partial charge in [0.15, 0.2) is 5.65 Å². The summed E-state index contributed by atoms with van der Waals surface area (Å²) in [6, 6.07) is 11.0. The second kappa shape index (κ2) is 7.98. The quantitative estimate of drug-likeness (QED) is 0.452. The summed E-state index contributed by atoms with van der Waals surface area (Å²) < 4.78 is 14.8. The first-order valence-corrected chi connectivity index (χ1v) is 9.79. The van der Waals surface area contributed by atoms with Gasteiger partial charge in [0.1, 0.15) is 5.82 Å². The van der Waals surface area contributed by atoms with Gasteiger partial charge in [-0.1, -0.05) is 12.1 Å². The lowest BCUT2D eigenvalue weighted by atomic mass is 10.0. The zero-order valence-corrected chi connectivity index (χ0v) is 16.1. The molecule has 1 amide bonds. The number of carbonyl (C=O) groups excluding carboxylic acids is 1. The molecule has 4 N–H and O–H groups in total. The van der Waals surface area contributed by atoms with Crippen molar-refractivity contribution in [1.29, 1.82) is 0 Å². The number of hydrogen-bond donors (Lipinski definition) is 3. The number of carbonyl (C=O) groups is 1. The number of aliphatic hydroxyl groups is 1. The molecule has 0 aliphatic rings. The summed E-state index contributed by atoms with van der Waals surface area (Å²) in [6.07, 6.45) is 2.13. The fraction of sp³-hybridized carbons (Fsp3) is 0.150. The van der Waals surface area contributed by atoms with Gasteiger partial charge in [-0.15, -0.1) is 16.4 Å². The average Bonchev–Trinajstić information content (AvgIpc) is 3.33. The van der Waals surface area contributed by atoms with E-state index in [1.165, 1.54) is 23.5 Å². The van der Waals surface area contributed by atoms with E-state index in [0.717, 1.165) is 16.7 Å². The monoisotopic (exact) mass is 411 g/mol. The number of fused-ring (bicyclic) bond motifs is 1. The maximum Gasteiger partial charge on any atom is 0.261 e. The number of benzene rings is 1. The van der Waals surface area contributed by atoms with Crippen molar-refractivity contribution in [1.82, 2.24) is 19.9 Å². The van der Waals surface area contributed by atoms with E-state index in [2.05, 4.69) is 15.4 Å². The van der Waals surface area contributed by atoms with Crippen LogP contribution in [0.1, 0.15) is 27.7 Å². The lowest BCUT2D eigenvalue weighted by Crippen LogP contribution is -2.28. The molecule has 0 fully saturated rings. The second-order valence-electron chi connectivity index (χ2n) is 6.48. The summed E-state index contributed by atoms with van der Waals surface area (Å²) in [4.78, 5) is 17.4. The van der Waals surface area contributed by atoms with Crippen LogP contribution >= 0.6 is 11.3 Å². The summed E-state index contributed by atoms with van der Waals surface area (Å²) in [5.74, 6) is -0.407. The van der Waals surface area contributed by atoms with Gasteiger partial charge in [0.05, 0.1) is 10.9 Å². The van der Waals surface area contributed by atoms with Crippen molar-refractivity contribution in [3.05, 3.63) is 70.3 Å². The second-order valence-corrected chi connectivity index (χ2v) is 7.39. The minimum absolute atomic E-state index is 0.0982. The predicted octanol–water partition coefficient (Wildman–Crippen LogP) is 3.03. The van der Waals surface area contributed by atoms with Crippen molar-refractivity contribution < 1.29 is 14.3 Å². The third kappa shape index (κ3) is 4.10. The molecule has 0 saturated carbocycles. The Morgan fingerprint density at radius 1 is 1.24 bits per heavy atom. The molecule has 0 aliphatic heterocycles. The van der Waals surface area contributed by atoms with Gasteiger partial charge in [0.25, 0.3) is 5.91 Å². The van der Waals surface area contributed by atoms with E-state index in [1.807, 2.05) is 17.5 Å². The van der Waals surface area contributed by atoms with Crippen LogP contribution in [0.5, 0.6) is 0 Å². The van der Waals surface area contributed by atoms with E-state index >= 15 is 0 Å². The molecule has 3 aromatic heterocycles. The Morgan fingerprint density at radius 3 is 2.79 bits per heavy atom. The number of halogens is 1. The number of pyridine rings is 1. The number of thiophene rings is 1. The number of nitrogen functional groups attached to an aromatic ring is 1. The van der Waals surface area contributed by atoms with Gasteiger partial charge in [-0.25, -0.2) is 8.91 Å². The molecule has 0 saturated heterocycles. The summed E-state index contributed by atoms with van der Waals surface area (Å²) in [7, 11) is 0. The highest BCUT2D eigenvalue weighted by Crippen LogP contribution is 2.27. The van der Waals surface area contributed by atoms with E-state index < -0.39 is 6.04 Å². The zero-order valence-electron chi connectivity index (χ0n) is 15.2. The third-order valence-electron chi connectivity index (χ3n) is 4.50. The van der Waals surface area contributed by atoms with Crippen LogP contribution in [0.3, 0.4) is 0 Å². The van der Waals surface area contributed by atoms with Crippen LogP contribution in [0.15, 0.2) is 54.0 Å². The molecule has 148 valence electrons. The topological polar surface area (TPSA) is 106 Å². The number of aromatic nitrogens is 3. The Bertz CT molecular complexity index is 1160. The van der Waals surface area contributed by atoms with Crippen LogP contribution < -0.4 is 11.1 Å². The molecular weight excluding hydrogens is 393 g/mol. The highest BCUT2D eigenvalue weighted by molar-refractivity contribution is 7.12. The van der Waals surface area contributed by atoms with Crippen LogP contribution in [-0.4, -0.2) is 32.2 Å². The molecule has 0 bridgehead atoms. The lowest BCUT2D eigenvalue weighted by molar-refractivity contribution is 0.0934. The first kappa shape index (κ1) is 19.0. The molecule has 1 aromatic carbocycles. The van der Waals surface area contributed by atoms with Gasteiger partial charge >= 0.3 is 0 Å². The number of nitrogens with zero attached hydrogens (tertiary/aromatic N) is 3. The van der Waals surface area contributed by atoms with E-state index in [9.17, 15) is 14.3 Å². The van der Waals surface area contributed by atoms with Crippen molar-refractivity contribution in [2.24, 2.45) is 0 Å². The summed E-state index contributed by atoms with van der Waals surface area (Å²) in [5.41, 5.74) is 8.75. The third-order valence-corrected chi connectivity index (χ3v) is 5.43. The highest BCUT2D eigenvalue weighted by atomic mass is 32.1. The number of nitrogens with two attached hydrogens (primary N) is 1. The van der Waals surface area contributed by atoms with E-state index in [0.29, 0.717) is 16.9 Å². The van der Waals surface area contributed by atoms with E-state index in [4.69, 9.17) is 5.73 Å². The van der Waals surface area contributed by atoms with Crippen molar-refractivity contribution in [3.63, 3.8) is 0 Å². The maximum absolute atomic E-state index is 13.2. The van der Waals surface area contributed by atoms with Crippen LogP contribution in [-0.2, 0) is 0 Å². The van der Waals surface area contributed by atoms with Gasteiger partial charge in [-0.05, 0) is 53.3 Å². The fourth-order valence-corrected chi connectivity index (χ4v) is 3.87. The van der Waals surface area contributed by atoms with Gasteiger partial charge in [0, 0.05) is 18.4 Å². The Kier molecular flexibility index (Phi) is 5.24. The molecule has 4 rings (SSSR count). The maximum atomic E-state index is 13.2. The zero-order chi connectivity index (χ0) is 20.4. The largest absolute Gasteiger partial charge is 0.396 e. The number of rotatable bonds is 6. The molecule has 29 heavy (non-hydrogen) atoms. The van der Waals surface area contributed by atoms with Gasteiger partial charge in [-0.3, -0.25) is 4.79 Å². The summed E-state index contributed by atoms with van der Waals surface area (Å²) >= 11 is 1.32. The first-order chi connectivity index (χ1) is 14.0. The van der Waals surface area contributed by atoms with Crippen molar-refractivity contribution in [3.8, 4) is 11.1 Å². The lowest BCUT2D eigenvalue weighted by Gasteiger charge is -2.18. The molecular formula is C20H18FN5O2S. The Balaban J connectivity index is 1.54. The van der Waals surface area contributed by atoms with Crippen LogP contribution in [0.4, 0.5) is 10.3 Å². The standard InChI is InChI=1S/C20H18FN5O2S/c21-15-4-1-12(2-5-15)16(7-8-27)23-19(28)17-9-14(11-29-17)13-3-6-18-24-20(22)25-26(18)10-13/h1-6,9-11,16,27H,7-8H2,(H2,22,25)(H,23,28)/t16-/m0/s1. The normalized spacial score (nSPS) is 12.2. The van der Waals surface area contributed by atoms with Crippen molar-refractivity contribution in [2.45, 2.75) is 12.5 Å². The molecule has 0 unspecified atom stereocenters. The van der Waals surface area contributed by atoms with Crippen LogP contribution in [0.2, 0.25) is 0 Å². The van der Waals surface area contributed by atoms with E-state index in [1.54, 1.807) is 28.9 Å². The Hall–Kier alpha value is -3.30. The molecule has 0 spiro atoms. The molecule has 1 atom stereocenters. The number of hydrogen-bond acceptors (Lipinski definition) is 6. The van der Waals surface area contributed by atoms with Gasteiger partial charge < -0.3 is 16.2 Å². The molecule has 0 radical (unpaired) electrons. The predicted molar refractivity (Wildman–Crippen MR) is 109 cm³/mol. The number of nitrogens with one attached hydrogen (secondary N) is 1. The minimum Gasteiger partial charge on any atom is -0.396 e. The first-order valence-electron chi connectivity index (χ1n) is 8.91. The SMILES string of the molecule is Nc1nc2ccc(-c3csc(C(=O)N[C@@H](CCO)c4ccc(F)cc4)c3)cn2n1. The number of amides is 1. The fourth-order valence-electron chi connectivity index (χ4n) is 3.05. The molecule has 0 aliphatic carbocycles. The molecule has 9 heteroatoms. The van der Waals surface area contributed by atoms with Crippen molar-refractivity contribution in [2.75, 3.05) is 12.3 Å². The Morgan fingerprint density at radius 2 is 2.03 bits per heavy atom. The van der Waals surface area contributed by atoms with Crippen LogP contribution in [0, 0.1) is 5.82 Å². The number of aliphatic hydroxyl groups excluding tert-OH is 1.